The number of nitrogens with zero attached hydrogens (tertiary/aromatic N) is 2. The third-order valence-corrected chi connectivity index (χ3v) is 9.50. The van der Waals surface area contributed by atoms with Crippen LogP contribution in [0.25, 0.3) is 0 Å². The number of rotatable bonds is 20. The Bertz CT molecular complexity index is 669. The molecule has 0 amide bonds. The van der Waals surface area contributed by atoms with Crippen LogP contribution in [-0.4, -0.2) is 113 Å². The van der Waals surface area contributed by atoms with E-state index >= 15 is 0 Å². The number of esters is 2. The summed E-state index contributed by atoms with van der Waals surface area (Å²) in [7, 11) is 9.36. The van der Waals surface area contributed by atoms with Gasteiger partial charge in [0.05, 0.1) is 42.3 Å². The molecule has 10 heteroatoms. The number of carbonyl (C=O) groups is 2. The van der Waals surface area contributed by atoms with Crippen molar-refractivity contribution in [2.75, 3.05) is 80.9 Å². The maximum Gasteiger partial charge on any atom is 0.351 e. The zero-order valence-electron chi connectivity index (χ0n) is 24.0. The Labute approximate surface area is 221 Å². The summed E-state index contributed by atoms with van der Waals surface area (Å²) in [6, 6.07) is 0. The van der Waals surface area contributed by atoms with Gasteiger partial charge in [0.25, 0.3) is 0 Å². The average molecular weight is 551 g/mol. The summed E-state index contributed by atoms with van der Waals surface area (Å²) < 4.78 is 37.7. The van der Waals surface area contributed by atoms with E-state index in [1.54, 1.807) is 0 Å². The van der Waals surface area contributed by atoms with E-state index in [2.05, 4.69) is 56.1 Å². The summed E-state index contributed by atoms with van der Waals surface area (Å²) in [5.41, 5.74) is -0.365. The van der Waals surface area contributed by atoms with Gasteiger partial charge in [-0.2, -0.15) is 0 Å². The minimum atomic E-state index is -1.50. The van der Waals surface area contributed by atoms with E-state index in [9.17, 15) is 18.7 Å². The van der Waals surface area contributed by atoms with Gasteiger partial charge < -0.3 is 18.4 Å². The lowest BCUT2D eigenvalue weighted by Gasteiger charge is -2.21. The van der Waals surface area contributed by atoms with E-state index in [0.717, 1.165) is 72.7 Å². The minimum Gasteiger partial charge on any atom is -0.458 e. The van der Waals surface area contributed by atoms with Crippen molar-refractivity contribution in [2.45, 2.75) is 63.7 Å². The van der Waals surface area contributed by atoms with Crippen molar-refractivity contribution in [3.63, 3.8) is 0 Å². The normalized spacial score (nSPS) is 14.9. The zero-order valence-corrected chi connectivity index (χ0v) is 25.8. The molecule has 0 aromatic rings. The lowest BCUT2D eigenvalue weighted by Crippen LogP contribution is -2.37. The predicted molar refractivity (Wildman–Crippen MR) is 148 cm³/mol. The zero-order chi connectivity index (χ0) is 27.8. The molecule has 0 aliphatic carbocycles. The maximum atomic E-state index is 12.8. The highest BCUT2D eigenvalue weighted by molar-refractivity contribution is 7.45. The van der Waals surface area contributed by atoms with Crippen molar-refractivity contribution in [1.82, 2.24) is 0 Å². The lowest BCUT2D eigenvalue weighted by atomic mass is 10.2. The molecule has 4 atom stereocenters. The summed E-state index contributed by atoms with van der Waals surface area (Å²) in [5.74, 6) is -1.31. The molecule has 8 nitrogen and oxygen atoms in total. The van der Waals surface area contributed by atoms with Gasteiger partial charge in [-0.25, -0.2) is 9.59 Å². The molecular formula is C26H52N2O6P2+4. The van der Waals surface area contributed by atoms with Gasteiger partial charge in [0.1, 0.15) is 26.3 Å². The molecule has 0 saturated carbocycles. The molecular weight excluding hydrogens is 498 g/mol. The highest BCUT2D eigenvalue weighted by atomic mass is 31.1. The van der Waals surface area contributed by atoms with E-state index in [1.165, 1.54) is 0 Å². The van der Waals surface area contributed by atoms with E-state index in [-0.39, 0.29) is 24.5 Å². The van der Waals surface area contributed by atoms with Crippen molar-refractivity contribution in [3.05, 3.63) is 12.2 Å². The van der Waals surface area contributed by atoms with Crippen LogP contribution in [0.1, 0.15) is 52.4 Å². The fourth-order valence-corrected chi connectivity index (χ4v) is 7.00. The molecule has 4 unspecified atom stereocenters. The Morgan fingerprint density at radius 1 is 0.694 bits per heavy atom. The first kappa shape index (κ1) is 34.8. The van der Waals surface area contributed by atoms with Crippen molar-refractivity contribution < 1.29 is 37.2 Å². The summed E-state index contributed by atoms with van der Waals surface area (Å²) >= 11 is 0. The summed E-state index contributed by atoms with van der Waals surface area (Å²) in [6.07, 6.45) is 8.57. The summed E-state index contributed by atoms with van der Waals surface area (Å²) in [4.78, 5) is 24.3. The number of quaternary nitrogens is 2. The first-order valence-electron chi connectivity index (χ1n) is 13.2. The van der Waals surface area contributed by atoms with Gasteiger partial charge in [0, 0.05) is 12.2 Å². The van der Waals surface area contributed by atoms with Crippen molar-refractivity contribution in [2.24, 2.45) is 0 Å². The van der Waals surface area contributed by atoms with Crippen LogP contribution in [-0.2, 0) is 28.2 Å². The molecule has 36 heavy (non-hydrogen) atoms. The molecule has 0 aliphatic rings. The van der Waals surface area contributed by atoms with Crippen LogP contribution in [0.5, 0.6) is 0 Å². The Morgan fingerprint density at radius 2 is 1.03 bits per heavy atom. The van der Waals surface area contributed by atoms with Crippen molar-refractivity contribution in [3.8, 4) is 0 Å². The van der Waals surface area contributed by atoms with Gasteiger partial charge in [0.2, 0.25) is 0 Å². The monoisotopic (exact) mass is 550 g/mol. The number of carbonyl (C=O) groups excluding carboxylic acids is 2. The van der Waals surface area contributed by atoms with Gasteiger partial charge >= 0.3 is 27.5 Å². The van der Waals surface area contributed by atoms with E-state index in [1.807, 2.05) is 0 Å². The van der Waals surface area contributed by atoms with Gasteiger partial charge in [-0.05, 0) is 25.7 Å². The van der Waals surface area contributed by atoms with Gasteiger partial charge in [-0.1, -0.05) is 35.8 Å². The van der Waals surface area contributed by atoms with Crippen LogP contribution in [0, 0.1) is 0 Å². The summed E-state index contributed by atoms with van der Waals surface area (Å²) in [5, 5.41) is 0. The SMILES string of the molecule is CCCCC(COC(=O)/C=C\C(=O)OCC(CCCC)[P+](=O)CC[N+](C)(C)C)[P+](=O)CC[N+](C)(C)C. The molecule has 0 aromatic heterocycles. The topological polar surface area (TPSA) is 86.7 Å². The Kier molecular flexibility index (Phi) is 17.5. The molecule has 0 aromatic carbocycles. The first-order valence-corrected chi connectivity index (χ1v) is 16.2. The molecule has 0 radical (unpaired) electrons. The molecule has 0 fully saturated rings. The third-order valence-electron chi connectivity index (χ3n) is 5.77. The molecule has 0 saturated heterocycles. The number of ether oxygens (including phenoxy) is 2. The average Bonchev–Trinajstić information content (AvgIpc) is 2.78. The molecule has 0 bridgehead atoms. The Morgan fingerprint density at radius 3 is 1.31 bits per heavy atom. The first-order chi connectivity index (χ1) is 16.7. The number of hydrogen-bond acceptors (Lipinski definition) is 6. The van der Waals surface area contributed by atoms with E-state index in [0.29, 0.717) is 12.3 Å². The Balaban J connectivity index is 4.76. The fourth-order valence-electron chi connectivity index (χ4n) is 3.25. The van der Waals surface area contributed by atoms with Gasteiger partial charge in [-0.3, -0.25) is 0 Å². The highest BCUT2D eigenvalue weighted by Crippen LogP contribution is 2.33. The maximum absolute atomic E-state index is 12.8. The van der Waals surface area contributed by atoms with E-state index < -0.39 is 27.5 Å². The second-order valence-corrected chi connectivity index (χ2v) is 15.5. The van der Waals surface area contributed by atoms with Crippen LogP contribution in [0.15, 0.2) is 12.2 Å². The van der Waals surface area contributed by atoms with E-state index in [4.69, 9.17) is 9.47 Å². The standard InChI is InChI=1S/C26H52N2O6P2/c1-9-11-13-23(35(31)19-17-27(3,4)5)21-33-25(29)15-16-26(30)34-22-24(14-12-10-2)36(32)20-18-28(6,7)8/h15-16,23-24H,9-14,17-22H2,1-8H3/q+4/b16-15-. The molecule has 0 rings (SSSR count). The second kappa shape index (κ2) is 18.1. The van der Waals surface area contributed by atoms with Crippen LogP contribution >= 0.6 is 15.6 Å². The minimum absolute atomic E-state index is 0.0798. The smallest absolute Gasteiger partial charge is 0.351 e. The van der Waals surface area contributed by atoms with Crippen LogP contribution in [0.4, 0.5) is 0 Å². The number of hydrogen-bond donors (Lipinski definition) is 0. The molecule has 0 N–H and O–H groups in total. The van der Waals surface area contributed by atoms with Gasteiger partial charge in [0.15, 0.2) is 23.6 Å². The van der Waals surface area contributed by atoms with Gasteiger partial charge in [-0.15, -0.1) is 0 Å². The largest absolute Gasteiger partial charge is 0.458 e. The van der Waals surface area contributed by atoms with Crippen molar-refractivity contribution >= 4 is 27.5 Å². The Hall–Kier alpha value is -1.20. The van der Waals surface area contributed by atoms with Crippen molar-refractivity contribution in [1.29, 1.82) is 0 Å². The predicted octanol–water partition coefficient (Wildman–Crippen LogP) is 4.81. The second-order valence-electron chi connectivity index (χ2n) is 11.5. The highest BCUT2D eigenvalue weighted by Gasteiger charge is 2.33. The number of unbranched alkanes of at least 4 members (excludes halogenated alkanes) is 2. The van der Waals surface area contributed by atoms with Crippen LogP contribution in [0.3, 0.4) is 0 Å². The quantitative estimate of drug-likeness (QED) is 0.0936. The van der Waals surface area contributed by atoms with Crippen LogP contribution < -0.4 is 0 Å². The lowest BCUT2D eigenvalue weighted by molar-refractivity contribution is -0.867. The molecule has 0 heterocycles. The third kappa shape index (κ3) is 19.0. The summed E-state index contributed by atoms with van der Waals surface area (Å²) in [6.45, 7) is 5.88. The fraction of sp³-hybridized carbons (Fsp3) is 0.846. The molecule has 0 aliphatic heterocycles. The molecule has 208 valence electrons. The van der Waals surface area contributed by atoms with Crippen LogP contribution in [0.2, 0.25) is 0 Å². The molecule has 0 spiro atoms.